The number of carbonyl (C=O) groups excluding carboxylic acids is 1. The number of aromatic nitrogens is 2. The molecule has 3 heterocycles. The molecule has 0 aliphatic carbocycles. The lowest BCUT2D eigenvalue weighted by molar-refractivity contribution is -0.133. The fourth-order valence-electron chi connectivity index (χ4n) is 3.45. The third-order valence-electron chi connectivity index (χ3n) is 4.52. The molecule has 104 valence electrons. The second-order valence-corrected chi connectivity index (χ2v) is 5.91. The zero-order valence-electron chi connectivity index (χ0n) is 11.7. The van der Waals surface area contributed by atoms with Crippen molar-refractivity contribution < 1.29 is 4.79 Å². The summed E-state index contributed by atoms with van der Waals surface area (Å²) in [6.45, 7) is 2.13. The Bertz CT molecular complexity index is 470. The number of hydrogen-bond acceptors (Lipinski definition) is 3. The number of rotatable bonds is 2. The van der Waals surface area contributed by atoms with Crippen molar-refractivity contribution in [1.82, 2.24) is 19.4 Å². The Morgan fingerprint density at radius 3 is 2.84 bits per heavy atom. The Hall–Kier alpha value is -1.36. The van der Waals surface area contributed by atoms with Crippen LogP contribution < -0.4 is 0 Å². The highest BCUT2D eigenvalue weighted by Gasteiger charge is 2.39. The predicted octanol–water partition coefficient (Wildman–Crippen LogP) is 0.658. The topological polar surface area (TPSA) is 41.4 Å². The standard InChI is InChI=1S/C14H22N4O/c1-16-6-5-11-3-4-12(9-16)18(11)14(19)7-13-8-15-10-17(13)2/h8,10-12H,3-7,9H2,1-2H3/t11-,12+/m0/s1. The molecule has 0 saturated carbocycles. The molecule has 2 fully saturated rings. The lowest BCUT2D eigenvalue weighted by Gasteiger charge is -2.28. The molecule has 2 bridgehead atoms. The summed E-state index contributed by atoms with van der Waals surface area (Å²) in [4.78, 5) is 21.2. The molecule has 5 nitrogen and oxygen atoms in total. The smallest absolute Gasteiger partial charge is 0.229 e. The number of fused-ring (bicyclic) bond motifs is 2. The van der Waals surface area contributed by atoms with Crippen molar-refractivity contribution in [1.29, 1.82) is 0 Å². The SMILES string of the molecule is CN1CC[C@@H]2CC[C@H](C1)N2C(=O)Cc1cncn1C. The maximum atomic E-state index is 12.6. The quantitative estimate of drug-likeness (QED) is 0.786. The molecule has 0 N–H and O–H groups in total. The predicted molar refractivity (Wildman–Crippen MR) is 72.7 cm³/mol. The van der Waals surface area contributed by atoms with Crippen LogP contribution in [0, 0.1) is 0 Å². The first-order valence-electron chi connectivity index (χ1n) is 7.10. The molecule has 0 spiro atoms. The number of imidazole rings is 1. The number of likely N-dealkylation sites (N-methyl/N-ethyl adjacent to an activating group) is 1. The van der Waals surface area contributed by atoms with Crippen LogP contribution in [0.3, 0.4) is 0 Å². The van der Waals surface area contributed by atoms with E-state index in [1.165, 1.54) is 6.42 Å². The maximum absolute atomic E-state index is 12.6. The van der Waals surface area contributed by atoms with Gasteiger partial charge >= 0.3 is 0 Å². The molecule has 2 saturated heterocycles. The summed E-state index contributed by atoms with van der Waals surface area (Å²) in [5.74, 6) is 0.270. The molecule has 1 amide bonds. The van der Waals surface area contributed by atoms with Crippen LogP contribution in [0.15, 0.2) is 12.5 Å². The first-order chi connectivity index (χ1) is 9.15. The van der Waals surface area contributed by atoms with Crippen LogP contribution in [0.1, 0.15) is 25.0 Å². The Kier molecular flexibility index (Phi) is 3.31. The van der Waals surface area contributed by atoms with Crippen molar-refractivity contribution in [2.75, 3.05) is 20.1 Å². The van der Waals surface area contributed by atoms with Crippen molar-refractivity contribution in [2.45, 2.75) is 37.8 Å². The fourth-order valence-corrected chi connectivity index (χ4v) is 3.45. The second kappa shape index (κ2) is 4.96. The van der Waals surface area contributed by atoms with Gasteiger partial charge in [0.1, 0.15) is 0 Å². The molecule has 2 aliphatic rings. The lowest BCUT2D eigenvalue weighted by Crippen LogP contribution is -2.43. The normalized spacial score (nSPS) is 27.6. The Morgan fingerprint density at radius 2 is 2.11 bits per heavy atom. The van der Waals surface area contributed by atoms with Crippen molar-refractivity contribution in [3.8, 4) is 0 Å². The van der Waals surface area contributed by atoms with Gasteiger partial charge in [-0.05, 0) is 32.9 Å². The summed E-state index contributed by atoms with van der Waals surface area (Å²) in [6.07, 6.45) is 7.48. The minimum Gasteiger partial charge on any atom is -0.337 e. The molecule has 5 heteroatoms. The molecule has 2 atom stereocenters. The summed E-state index contributed by atoms with van der Waals surface area (Å²) >= 11 is 0. The monoisotopic (exact) mass is 262 g/mol. The minimum atomic E-state index is 0.270. The molecular weight excluding hydrogens is 240 g/mol. The van der Waals surface area contributed by atoms with Gasteiger partial charge in [-0.25, -0.2) is 4.98 Å². The Balaban J connectivity index is 1.74. The Labute approximate surface area is 114 Å². The van der Waals surface area contributed by atoms with Gasteiger partial charge in [0.15, 0.2) is 0 Å². The van der Waals surface area contributed by atoms with Crippen LogP contribution in [0.4, 0.5) is 0 Å². The van der Waals surface area contributed by atoms with Crippen LogP contribution in [-0.4, -0.2) is 57.5 Å². The van der Waals surface area contributed by atoms with Crippen LogP contribution in [-0.2, 0) is 18.3 Å². The van der Waals surface area contributed by atoms with Gasteiger partial charge in [-0.1, -0.05) is 0 Å². The highest BCUT2D eigenvalue weighted by atomic mass is 16.2. The first kappa shape index (κ1) is 12.7. The molecule has 0 aromatic carbocycles. The first-order valence-corrected chi connectivity index (χ1v) is 7.10. The molecule has 0 unspecified atom stereocenters. The van der Waals surface area contributed by atoms with Gasteiger partial charge in [-0.3, -0.25) is 4.79 Å². The lowest BCUT2D eigenvalue weighted by atomic mass is 10.1. The number of aryl methyl sites for hydroxylation is 1. The minimum absolute atomic E-state index is 0.270. The number of nitrogens with zero attached hydrogens (tertiary/aromatic N) is 4. The van der Waals surface area contributed by atoms with E-state index in [0.717, 1.165) is 31.6 Å². The van der Waals surface area contributed by atoms with Crippen molar-refractivity contribution >= 4 is 5.91 Å². The number of hydrogen-bond donors (Lipinski definition) is 0. The van der Waals surface area contributed by atoms with Gasteiger partial charge in [-0.15, -0.1) is 0 Å². The van der Waals surface area contributed by atoms with Crippen LogP contribution in [0.25, 0.3) is 0 Å². The zero-order chi connectivity index (χ0) is 13.4. The van der Waals surface area contributed by atoms with Crippen molar-refractivity contribution in [3.63, 3.8) is 0 Å². The largest absolute Gasteiger partial charge is 0.337 e. The average Bonchev–Trinajstić information content (AvgIpc) is 2.88. The highest BCUT2D eigenvalue weighted by molar-refractivity contribution is 5.79. The molecule has 1 aromatic rings. The zero-order valence-corrected chi connectivity index (χ0v) is 11.7. The van der Waals surface area contributed by atoms with E-state index < -0.39 is 0 Å². The molecule has 3 rings (SSSR count). The number of carbonyl (C=O) groups is 1. The van der Waals surface area contributed by atoms with Gasteiger partial charge in [0.05, 0.1) is 12.7 Å². The number of amides is 1. The second-order valence-electron chi connectivity index (χ2n) is 5.91. The van der Waals surface area contributed by atoms with E-state index in [9.17, 15) is 4.79 Å². The van der Waals surface area contributed by atoms with Crippen molar-refractivity contribution in [3.05, 3.63) is 18.2 Å². The molecule has 1 aromatic heterocycles. The summed E-state index contributed by atoms with van der Waals surface area (Å²) in [5, 5.41) is 0. The van der Waals surface area contributed by atoms with Gasteiger partial charge < -0.3 is 14.4 Å². The van der Waals surface area contributed by atoms with Crippen LogP contribution in [0.2, 0.25) is 0 Å². The third-order valence-corrected chi connectivity index (χ3v) is 4.52. The summed E-state index contributed by atoms with van der Waals surface area (Å²) in [5.41, 5.74) is 1.00. The maximum Gasteiger partial charge on any atom is 0.229 e. The van der Waals surface area contributed by atoms with E-state index >= 15 is 0 Å². The van der Waals surface area contributed by atoms with Gasteiger partial charge in [0, 0.05) is 37.6 Å². The van der Waals surface area contributed by atoms with E-state index in [-0.39, 0.29) is 5.91 Å². The van der Waals surface area contributed by atoms with E-state index in [4.69, 9.17) is 0 Å². The highest BCUT2D eigenvalue weighted by Crippen LogP contribution is 2.30. The summed E-state index contributed by atoms with van der Waals surface area (Å²) in [7, 11) is 4.10. The Morgan fingerprint density at radius 1 is 1.32 bits per heavy atom. The van der Waals surface area contributed by atoms with Crippen molar-refractivity contribution in [2.24, 2.45) is 7.05 Å². The molecule has 0 radical (unpaired) electrons. The summed E-state index contributed by atoms with van der Waals surface area (Å²) < 4.78 is 1.93. The van der Waals surface area contributed by atoms with Crippen LogP contribution >= 0.6 is 0 Å². The van der Waals surface area contributed by atoms with E-state index in [0.29, 0.717) is 18.5 Å². The molecule has 19 heavy (non-hydrogen) atoms. The molecular formula is C14H22N4O. The van der Waals surface area contributed by atoms with E-state index in [1.807, 2.05) is 11.6 Å². The van der Waals surface area contributed by atoms with E-state index in [2.05, 4.69) is 21.8 Å². The van der Waals surface area contributed by atoms with Gasteiger partial charge in [0.2, 0.25) is 5.91 Å². The van der Waals surface area contributed by atoms with Gasteiger partial charge in [0.25, 0.3) is 0 Å². The average molecular weight is 262 g/mol. The fraction of sp³-hybridized carbons (Fsp3) is 0.714. The molecule has 2 aliphatic heterocycles. The van der Waals surface area contributed by atoms with E-state index in [1.54, 1.807) is 12.5 Å². The van der Waals surface area contributed by atoms with Gasteiger partial charge in [-0.2, -0.15) is 0 Å². The number of likely N-dealkylation sites (tertiary alicyclic amines) is 1. The summed E-state index contributed by atoms with van der Waals surface area (Å²) in [6, 6.07) is 0.869. The third kappa shape index (κ3) is 2.39. The van der Waals surface area contributed by atoms with Crippen LogP contribution in [0.5, 0.6) is 0 Å².